The molecule has 10 rings (SSSR count). The van der Waals surface area contributed by atoms with E-state index in [2.05, 4.69) is 193 Å². The molecule has 0 N–H and O–H groups in total. The van der Waals surface area contributed by atoms with E-state index < -0.39 is 0 Å². The van der Waals surface area contributed by atoms with Gasteiger partial charge in [-0.05, 0) is 104 Å². The van der Waals surface area contributed by atoms with Crippen LogP contribution in [0.1, 0.15) is 0 Å². The summed E-state index contributed by atoms with van der Waals surface area (Å²) in [6, 6.07) is 71.8. The number of fused-ring (bicyclic) bond motifs is 5. The van der Waals surface area contributed by atoms with Crippen molar-refractivity contribution in [1.82, 2.24) is 0 Å². The van der Waals surface area contributed by atoms with Gasteiger partial charge in [-0.25, -0.2) is 0 Å². The third-order valence-electron chi connectivity index (χ3n) is 10.2. The fourth-order valence-corrected chi connectivity index (χ4v) is 7.60. The second kappa shape index (κ2) is 12.5. The van der Waals surface area contributed by atoms with Crippen molar-refractivity contribution in [2.45, 2.75) is 0 Å². The molecule has 0 aliphatic heterocycles. The minimum atomic E-state index is 0.908. The molecule has 0 saturated heterocycles. The number of anilines is 3. The largest absolute Gasteiger partial charge is 0.455 e. The van der Waals surface area contributed by atoms with Crippen LogP contribution in [0.25, 0.3) is 76.9 Å². The molecule has 10 aromatic rings. The average molecular weight is 664 g/mol. The van der Waals surface area contributed by atoms with Crippen LogP contribution in [0.4, 0.5) is 17.1 Å². The fraction of sp³-hybridized carbons (Fsp3) is 0. The lowest BCUT2D eigenvalue weighted by atomic mass is 9.99. The Bertz CT molecular complexity index is 2790. The summed E-state index contributed by atoms with van der Waals surface area (Å²) in [5.74, 6) is 0. The van der Waals surface area contributed by atoms with Crippen LogP contribution < -0.4 is 4.90 Å². The highest BCUT2D eigenvalue weighted by Crippen LogP contribution is 2.41. The molecule has 0 fully saturated rings. The number of rotatable bonds is 6. The lowest BCUT2D eigenvalue weighted by Crippen LogP contribution is -2.10. The molecule has 0 radical (unpaired) electrons. The van der Waals surface area contributed by atoms with Gasteiger partial charge in [-0.1, -0.05) is 146 Å². The molecule has 244 valence electrons. The molecule has 0 spiro atoms. The summed E-state index contributed by atoms with van der Waals surface area (Å²) in [5.41, 5.74) is 12.0. The van der Waals surface area contributed by atoms with Crippen LogP contribution >= 0.6 is 0 Å². The lowest BCUT2D eigenvalue weighted by Gasteiger charge is -2.27. The van der Waals surface area contributed by atoms with Gasteiger partial charge in [0.05, 0.1) is 0 Å². The zero-order chi connectivity index (χ0) is 34.4. The first-order valence-electron chi connectivity index (χ1n) is 17.7. The van der Waals surface area contributed by atoms with E-state index in [1.54, 1.807) is 0 Å². The number of furan rings is 1. The highest BCUT2D eigenvalue weighted by molar-refractivity contribution is 6.09. The molecule has 52 heavy (non-hydrogen) atoms. The first-order valence-corrected chi connectivity index (χ1v) is 17.7. The second-order valence-corrected chi connectivity index (χ2v) is 13.4. The molecule has 1 heterocycles. The molecule has 0 bridgehead atoms. The Morgan fingerprint density at radius 1 is 0.308 bits per heavy atom. The van der Waals surface area contributed by atoms with Crippen LogP contribution in [0.3, 0.4) is 0 Å². The zero-order valence-electron chi connectivity index (χ0n) is 28.4. The first-order chi connectivity index (χ1) is 25.7. The van der Waals surface area contributed by atoms with E-state index in [0.717, 1.165) is 50.1 Å². The summed E-state index contributed by atoms with van der Waals surface area (Å²) in [4.78, 5) is 2.36. The van der Waals surface area contributed by atoms with E-state index in [9.17, 15) is 0 Å². The Labute approximate surface area is 302 Å². The summed E-state index contributed by atoms with van der Waals surface area (Å²) >= 11 is 0. The molecule has 2 nitrogen and oxygen atoms in total. The van der Waals surface area contributed by atoms with E-state index in [1.807, 2.05) is 12.1 Å². The van der Waals surface area contributed by atoms with Crippen LogP contribution in [0, 0.1) is 0 Å². The van der Waals surface area contributed by atoms with Gasteiger partial charge in [0.25, 0.3) is 0 Å². The fourth-order valence-electron chi connectivity index (χ4n) is 7.60. The number of benzene rings is 9. The molecule has 0 atom stereocenters. The van der Waals surface area contributed by atoms with Gasteiger partial charge in [0.1, 0.15) is 11.2 Å². The number of hydrogen-bond donors (Lipinski definition) is 0. The summed E-state index contributed by atoms with van der Waals surface area (Å²) in [5, 5.41) is 7.23. The zero-order valence-corrected chi connectivity index (χ0v) is 28.4. The molecule has 0 aliphatic rings. The minimum absolute atomic E-state index is 0.908. The summed E-state index contributed by atoms with van der Waals surface area (Å²) in [6.45, 7) is 0. The first kappa shape index (κ1) is 30.0. The van der Waals surface area contributed by atoms with E-state index in [0.29, 0.717) is 0 Å². The van der Waals surface area contributed by atoms with Gasteiger partial charge in [0.2, 0.25) is 0 Å². The molecular weight excluding hydrogens is 631 g/mol. The van der Waals surface area contributed by atoms with Gasteiger partial charge in [-0.15, -0.1) is 0 Å². The van der Waals surface area contributed by atoms with E-state index in [-0.39, 0.29) is 0 Å². The number of nitrogens with zero attached hydrogens (tertiary/aromatic N) is 1. The SMILES string of the molecule is c1cc(-c2ccc3ccccc3c2)cc(N(c2ccc(-c3cccc4c3oc3ccccc34)cc2)c2cccc(-c3ccc4ccccc4c3)c2)c1. The van der Waals surface area contributed by atoms with Crippen molar-refractivity contribution < 1.29 is 4.42 Å². The molecule has 0 amide bonds. The van der Waals surface area contributed by atoms with E-state index >= 15 is 0 Å². The Morgan fingerprint density at radius 3 is 1.44 bits per heavy atom. The average Bonchev–Trinajstić information content (AvgIpc) is 3.60. The predicted octanol–water partition coefficient (Wildman–Crippen LogP) is 14.4. The Hall–Kier alpha value is -6.90. The Kier molecular flexibility index (Phi) is 7.18. The normalized spacial score (nSPS) is 11.5. The standard InChI is InChI=1S/C50H33NO/c1-3-12-37-30-41(24-22-34(37)10-1)39-14-7-16-44(32-39)51(45-17-8-15-40(33-45)42-25-23-35-11-2-4-13-38(35)31-42)43-28-26-36(27-29-43)46-19-9-20-48-47-18-5-6-21-49(47)52-50(46)48/h1-33H. The van der Waals surface area contributed by atoms with Crippen LogP contribution in [-0.2, 0) is 0 Å². The van der Waals surface area contributed by atoms with E-state index in [4.69, 9.17) is 4.42 Å². The number of para-hydroxylation sites is 2. The highest BCUT2D eigenvalue weighted by Gasteiger charge is 2.17. The predicted molar refractivity (Wildman–Crippen MR) is 220 cm³/mol. The van der Waals surface area contributed by atoms with Crippen LogP contribution in [0.15, 0.2) is 205 Å². The quantitative estimate of drug-likeness (QED) is 0.176. The summed E-state index contributed by atoms with van der Waals surface area (Å²) in [7, 11) is 0. The van der Waals surface area contributed by atoms with Crippen LogP contribution in [0.2, 0.25) is 0 Å². The second-order valence-electron chi connectivity index (χ2n) is 13.4. The van der Waals surface area contributed by atoms with E-state index in [1.165, 1.54) is 43.8 Å². The summed E-state index contributed by atoms with van der Waals surface area (Å²) < 4.78 is 6.41. The molecule has 0 unspecified atom stereocenters. The molecule has 0 aliphatic carbocycles. The topological polar surface area (TPSA) is 16.4 Å². The van der Waals surface area contributed by atoms with Crippen LogP contribution in [0.5, 0.6) is 0 Å². The van der Waals surface area contributed by atoms with Crippen molar-refractivity contribution in [3.63, 3.8) is 0 Å². The third-order valence-corrected chi connectivity index (χ3v) is 10.2. The molecule has 9 aromatic carbocycles. The maximum atomic E-state index is 6.41. The van der Waals surface area contributed by atoms with Gasteiger partial charge in [0, 0.05) is 33.4 Å². The molecule has 0 saturated carbocycles. The van der Waals surface area contributed by atoms with Gasteiger partial charge in [0.15, 0.2) is 0 Å². The van der Waals surface area contributed by atoms with Crippen molar-refractivity contribution in [2.75, 3.05) is 4.90 Å². The Morgan fingerprint density at radius 2 is 0.808 bits per heavy atom. The maximum Gasteiger partial charge on any atom is 0.143 e. The van der Waals surface area contributed by atoms with Crippen molar-refractivity contribution in [1.29, 1.82) is 0 Å². The monoisotopic (exact) mass is 663 g/mol. The smallest absolute Gasteiger partial charge is 0.143 e. The summed E-state index contributed by atoms with van der Waals surface area (Å²) in [6.07, 6.45) is 0. The minimum Gasteiger partial charge on any atom is -0.455 e. The number of hydrogen-bond acceptors (Lipinski definition) is 2. The van der Waals surface area contributed by atoms with Gasteiger partial charge in [-0.2, -0.15) is 0 Å². The van der Waals surface area contributed by atoms with Gasteiger partial charge < -0.3 is 9.32 Å². The van der Waals surface area contributed by atoms with Gasteiger partial charge >= 0.3 is 0 Å². The van der Waals surface area contributed by atoms with Crippen molar-refractivity contribution in [3.05, 3.63) is 200 Å². The van der Waals surface area contributed by atoms with Gasteiger partial charge in [-0.3, -0.25) is 0 Å². The van der Waals surface area contributed by atoms with Crippen molar-refractivity contribution in [3.8, 4) is 33.4 Å². The molecule has 2 heteroatoms. The van der Waals surface area contributed by atoms with Crippen LogP contribution in [-0.4, -0.2) is 0 Å². The molecular formula is C50H33NO. The third kappa shape index (κ3) is 5.30. The maximum absolute atomic E-state index is 6.41. The highest BCUT2D eigenvalue weighted by atomic mass is 16.3. The van der Waals surface area contributed by atoms with Crippen molar-refractivity contribution in [2.24, 2.45) is 0 Å². The Balaban J connectivity index is 1.10. The molecule has 1 aromatic heterocycles. The lowest BCUT2D eigenvalue weighted by molar-refractivity contribution is 0.670. The van der Waals surface area contributed by atoms with Crippen molar-refractivity contribution >= 4 is 60.5 Å².